The minimum atomic E-state index is -0.253. The molecule has 1 saturated heterocycles. The number of fused-ring (bicyclic) bond motifs is 1. The van der Waals surface area contributed by atoms with Gasteiger partial charge in [-0.05, 0) is 32.5 Å². The number of aromatic nitrogens is 2. The van der Waals surface area contributed by atoms with Crippen LogP contribution in [0.3, 0.4) is 0 Å². The van der Waals surface area contributed by atoms with Gasteiger partial charge in [0.15, 0.2) is 5.75 Å². The van der Waals surface area contributed by atoms with Crippen LogP contribution in [-0.2, 0) is 6.54 Å². The molecule has 0 bridgehead atoms. The van der Waals surface area contributed by atoms with Crippen molar-refractivity contribution in [1.29, 1.82) is 0 Å². The summed E-state index contributed by atoms with van der Waals surface area (Å²) >= 11 is 11.9. The molecule has 3 rings (SSSR count). The van der Waals surface area contributed by atoms with E-state index in [-0.39, 0.29) is 49.2 Å². The van der Waals surface area contributed by atoms with E-state index in [1.165, 1.54) is 12.4 Å². The summed E-state index contributed by atoms with van der Waals surface area (Å²) in [6, 6.07) is 1.69. The van der Waals surface area contributed by atoms with Gasteiger partial charge in [0.25, 0.3) is 5.56 Å². The zero-order chi connectivity index (χ0) is 15.1. The van der Waals surface area contributed by atoms with E-state index < -0.39 is 0 Å². The number of hydrogen-bond donors (Lipinski definition) is 1. The Morgan fingerprint density at radius 1 is 1.41 bits per heavy atom. The largest absolute Gasteiger partial charge is 0.504 e. The lowest BCUT2D eigenvalue weighted by atomic mass is 10.2. The summed E-state index contributed by atoms with van der Waals surface area (Å²) in [5.41, 5.74) is -0.106. The molecule has 0 spiro atoms. The van der Waals surface area contributed by atoms with Crippen LogP contribution in [0.4, 0.5) is 0 Å². The summed E-state index contributed by atoms with van der Waals surface area (Å²) in [7, 11) is 2.05. The molecule has 0 amide bonds. The van der Waals surface area contributed by atoms with Crippen LogP contribution in [-0.4, -0.2) is 39.2 Å². The topological polar surface area (TPSA) is 58.4 Å². The normalized spacial score (nSPS) is 18.6. The number of nitrogens with zero attached hydrogens (tertiary/aromatic N) is 3. The van der Waals surface area contributed by atoms with E-state index >= 15 is 0 Å². The van der Waals surface area contributed by atoms with Crippen molar-refractivity contribution in [3.63, 3.8) is 0 Å². The summed E-state index contributed by atoms with van der Waals surface area (Å²) < 4.78 is 1.55. The second kappa shape index (κ2) is 6.74. The van der Waals surface area contributed by atoms with E-state index in [1.54, 1.807) is 4.57 Å². The average Bonchev–Trinajstić information content (AvgIpc) is 2.84. The Bertz CT molecular complexity index is 766. The van der Waals surface area contributed by atoms with Gasteiger partial charge in [-0.15, -0.1) is 17.0 Å². The van der Waals surface area contributed by atoms with Gasteiger partial charge in [0.05, 0.1) is 21.8 Å². The Morgan fingerprint density at radius 2 is 2.14 bits per heavy atom. The summed E-state index contributed by atoms with van der Waals surface area (Å²) in [5.74, 6) is -0.210. The molecule has 2 aromatic rings. The van der Waals surface area contributed by atoms with Crippen molar-refractivity contribution in [2.24, 2.45) is 0 Å². The zero-order valence-electron chi connectivity index (χ0n) is 11.9. The highest BCUT2D eigenvalue weighted by molar-refractivity contribution is 8.93. The molecule has 0 aliphatic carbocycles. The van der Waals surface area contributed by atoms with Gasteiger partial charge >= 0.3 is 0 Å². The van der Waals surface area contributed by atoms with Gasteiger partial charge in [0, 0.05) is 12.6 Å². The molecule has 1 aromatic carbocycles. The van der Waals surface area contributed by atoms with Crippen LogP contribution in [0.15, 0.2) is 17.2 Å². The number of phenols is 1. The van der Waals surface area contributed by atoms with Crippen molar-refractivity contribution in [3.05, 3.63) is 32.8 Å². The van der Waals surface area contributed by atoms with E-state index in [0.29, 0.717) is 12.6 Å². The third-order valence-corrected chi connectivity index (χ3v) is 4.65. The molecule has 1 atom stereocenters. The Kier molecular flexibility index (Phi) is 5.37. The van der Waals surface area contributed by atoms with E-state index in [1.807, 2.05) is 0 Å². The molecule has 1 aromatic heterocycles. The lowest BCUT2D eigenvalue weighted by molar-refractivity contribution is 0.279. The Labute approximate surface area is 148 Å². The van der Waals surface area contributed by atoms with Crippen molar-refractivity contribution in [3.8, 4) is 5.75 Å². The van der Waals surface area contributed by atoms with Crippen LogP contribution in [0.2, 0.25) is 10.0 Å². The minimum Gasteiger partial charge on any atom is -0.504 e. The number of likely N-dealkylation sites (N-methyl/N-ethyl adjacent to an activating group) is 1. The SMILES string of the molecule is Br.CN1CCCC1Cn1cnc2c(O)c(Cl)cc(Cl)c2c1=O. The second-order valence-corrected chi connectivity index (χ2v) is 6.21. The summed E-state index contributed by atoms with van der Waals surface area (Å²) in [6.07, 6.45) is 3.64. The number of halogens is 3. The number of aromatic hydroxyl groups is 1. The lowest BCUT2D eigenvalue weighted by Gasteiger charge is -2.20. The fourth-order valence-electron chi connectivity index (χ4n) is 2.82. The van der Waals surface area contributed by atoms with E-state index in [2.05, 4.69) is 16.9 Å². The molecule has 1 N–H and O–H groups in total. The number of rotatable bonds is 2. The average molecular weight is 409 g/mol. The summed E-state index contributed by atoms with van der Waals surface area (Å²) in [5, 5.41) is 10.4. The number of hydrogen-bond acceptors (Lipinski definition) is 4. The molecule has 8 heteroatoms. The molecule has 22 heavy (non-hydrogen) atoms. The van der Waals surface area contributed by atoms with Gasteiger partial charge in [-0.3, -0.25) is 9.36 Å². The molecule has 2 heterocycles. The first-order valence-corrected chi connectivity index (χ1v) is 7.51. The first-order valence-electron chi connectivity index (χ1n) is 6.75. The second-order valence-electron chi connectivity index (χ2n) is 5.39. The fourth-order valence-corrected chi connectivity index (χ4v) is 3.35. The summed E-state index contributed by atoms with van der Waals surface area (Å²) in [6.45, 7) is 1.61. The predicted octanol–water partition coefficient (Wildman–Crippen LogP) is 3.08. The van der Waals surface area contributed by atoms with Crippen molar-refractivity contribution >= 4 is 51.1 Å². The molecule has 120 valence electrons. The lowest BCUT2D eigenvalue weighted by Crippen LogP contribution is -2.33. The summed E-state index contributed by atoms with van der Waals surface area (Å²) in [4.78, 5) is 19.0. The van der Waals surface area contributed by atoms with E-state index in [0.717, 1.165) is 19.4 Å². The van der Waals surface area contributed by atoms with Crippen LogP contribution >= 0.6 is 40.2 Å². The van der Waals surface area contributed by atoms with Crippen LogP contribution < -0.4 is 5.56 Å². The zero-order valence-corrected chi connectivity index (χ0v) is 15.1. The van der Waals surface area contributed by atoms with E-state index in [4.69, 9.17) is 23.2 Å². The molecule has 1 unspecified atom stereocenters. The molecule has 1 aliphatic heterocycles. The van der Waals surface area contributed by atoms with Gasteiger partial charge in [0.1, 0.15) is 5.52 Å². The smallest absolute Gasteiger partial charge is 0.262 e. The number of phenolic OH excluding ortho intramolecular Hbond substituents is 1. The Morgan fingerprint density at radius 3 is 2.77 bits per heavy atom. The van der Waals surface area contributed by atoms with Gasteiger partial charge in [-0.1, -0.05) is 23.2 Å². The first kappa shape index (κ1) is 17.5. The maximum atomic E-state index is 12.6. The van der Waals surface area contributed by atoms with Crippen LogP contribution in [0.1, 0.15) is 12.8 Å². The monoisotopic (exact) mass is 407 g/mol. The van der Waals surface area contributed by atoms with Crippen molar-refractivity contribution in [2.75, 3.05) is 13.6 Å². The number of likely N-dealkylation sites (tertiary alicyclic amines) is 1. The Balaban J connectivity index is 0.00000176. The van der Waals surface area contributed by atoms with E-state index in [9.17, 15) is 9.90 Å². The maximum Gasteiger partial charge on any atom is 0.262 e. The standard InChI is InChI=1S/C14H15Cl2N3O2.BrH/c1-18-4-2-3-8(18)6-19-7-17-12-11(14(19)21)9(15)5-10(16)13(12)20;/h5,7-8,20H,2-4,6H2,1H3;1H. The predicted molar refractivity (Wildman–Crippen MR) is 93.7 cm³/mol. The van der Waals surface area contributed by atoms with Crippen molar-refractivity contribution in [1.82, 2.24) is 14.5 Å². The molecule has 1 aliphatic rings. The highest BCUT2D eigenvalue weighted by Gasteiger charge is 2.22. The van der Waals surface area contributed by atoms with Gasteiger partial charge in [-0.2, -0.15) is 0 Å². The molecular formula is C14H16BrCl2N3O2. The number of benzene rings is 1. The quantitative estimate of drug-likeness (QED) is 0.829. The molecular weight excluding hydrogens is 393 g/mol. The van der Waals surface area contributed by atoms with Crippen LogP contribution in [0.25, 0.3) is 10.9 Å². The van der Waals surface area contributed by atoms with Gasteiger partial charge in [-0.25, -0.2) is 4.98 Å². The molecule has 0 radical (unpaired) electrons. The Hall–Kier alpha value is -0.820. The third kappa shape index (κ3) is 2.97. The first-order chi connectivity index (χ1) is 9.99. The van der Waals surface area contributed by atoms with Gasteiger partial charge in [0.2, 0.25) is 0 Å². The third-order valence-electron chi connectivity index (χ3n) is 4.06. The molecule has 5 nitrogen and oxygen atoms in total. The fraction of sp³-hybridized carbons (Fsp3) is 0.429. The van der Waals surface area contributed by atoms with Crippen LogP contribution in [0.5, 0.6) is 5.75 Å². The van der Waals surface area contributed by atoms with Crippen molar-refractivity contribution in [2.45, 2.75) is 25.4 Å². The van der Waals surface area contributed by atoms with Crippen LogP contribution in [0, 0.1) is 0 Å². The van der Waals surface area contributed by atoms with Gasteiger partial charge < -0.3 is 10.0 Å². The highest BCUT2D eigenvalue weighted by Crippen LogP contribution is 2.34. The molecule has 1 fully saturated rings. The minimum absolute atomic E-state index is 0. The maximum absolute atomic E-state index is 12.6. The van der Waals surface area contributed by atoms with Crippen molar-refractivity contribution < 1.29 is 5.11 Å². The molecule has 0 saturated carbocycles. The highest BCUT2D eigenvalue weighted by atomic mass is 79.9.